The summed E-state index contributed by atoms with van der Waals surface area (Å²) in [5.74, 6) is -1.47. The van der Waals surface area contributed by atoms with Crippen molar-refractivity contribution in [3.05, 3.63) is 95.6 Å². The predicted octanol–water partition coefficient (Wildman–Crippen LogP) is 2.79. The summed E-state index contributed by atoms with van der Waals surface area (Å²) in [6.07, 6.45) is -0.595. The molecule has 0 aliphatic carbocycles. The second-order valence-corrected chi connectivity index (χ2v) is 7.84. The maximum atomic E-state index is 12.3. The molecular formula is C26H26N2O7. The highest BCUT2D eigenvalue weighted by Gasteiger charge is 2.22. The van der Waals surface area contributed by atoms with Gasteiger partial charge >= 0.3 is 18.0 Å². The number of benzene rings is 3. The van der Waals surface area contributed by atoms with E-state index in [1.54, 1.807) is 48.5 Å². The van der Waals surface area contributed by atoms with Gasteiger partial charge in [-0.05, 0) is 47.4 Å². The lowest BCUT2D eigenvalue weighted by Gasteiger charge is -2.15. The van der Waals surface area contributed by atoms with E-state index in [0.717, 1.165) is 11.1 Å². The molecule has 9 nitrogen and oxygen atoms in total. The average Bonchev–Trinajstić information content (AvgIpc) is 2.85. The number of hydrogen-bond donors (Lipinski definition) is 4. The third-order valence-corrected chi connectivity index (χ3v) is 5.08. The van der Waals surface area contributed by atoms with Crippen LogP contribution in [-0.4, -0.2) is 40.3 Å². The van der Waals surface area contributed by atoms with Crippen molar-refractivity contribution in [1.29, 1.82) is 0 Å². The summed E-state index contributed by atoms with van der Waals surface area (Å²) in [7, 11) is 0. The Balaban J connectivity index is 1.50. The molecule has 0 fully saturated rings. The number of esters is 1. The molecule has 3 aromatic carbocycles. The van der Waals surface area contributed by atoms with Crippen molar-refractivity contribution >= 4 is 18.0 Å². The van der Waals surface area contributed by atoms with E-state index in [1.807, 2.05) is 6.07 Å². The molecular weight excluding hydrogens is 452 g/mol. The van der Waals surface area contributed by atoms with Gasteiger partial charge in [-0.25, -0.2) is 14.4 Å². The van der Waals surface area contributed by atoms with Crippen molar-refractivity contribution in [2.45, 2.75) is 31.5 Å². The van der Waals surface area contributed by atoms with Gasteiger partial charge in [-0.3, -0.25) is 0 Å². The largest absolute Gasteiger partial charge is 0.508 e. The fourth-order valence-corrected chi connectivity index (χ4v) is 3.20. The summed E-state index contributed by atoms with van der Waals surface area (Å²) >= 11 is 0. The van der Waals surface area contributed by atoms with E-state index in [1.165, 1.54) is 24.3 Å². The van der Waals surface area contributed by atoms with Crippen LogP contribution in [0.2, 0.25) is 0 Å². The number of alkyl carbamates (subject to hydrolysis) is 1. The first kappa shape index (κ1) is 25.3. The minimum atomic E-state index is -1.21. The number of phenolic OH excluding ortho intramolecular Hbond substituents is 1. The molecule has 5 N–H and O–H groups in total. The molecule has 35 heavy (non-hydrogen) atoms. The molecule has 0 spiro atoms. The van der Waals surface area contributed by atoms with Gasteiger partial charge in [0.1, 0.15) is 30.2 Å². The van der Waals surface area contributed by atoms with Crippen LogP contribution in [0, 0.1) is 0 Å². The van der Waals surface area contributed by atoms with E-state index >= 15 is 0 Å². The Labute approximate surface area is 202 Å². The summed E-state index contributed by atoms with van der Waals surface area (Å²) in [6, 6.07) is 19.5. The molecule has 0 saturated heterocycles. The number of ether oxygens (including phenoxy) is 2. The van der Waals surface area contributed by atoms with Gasteiger partial charge in [-0.15, -0.1) is 0 Å². The fourth-order valence-electron chi connectivity index (χ4n) is 3.20. The number of phenols is 1. The molecule has 0 aliphatic heterocycles. The number of aliphatic carboxylic acids is 1. The van der Waals surface area contributed by atoms with Gasteiger partial charge < -0.3 is 30.7 Å². The zero-order valence-electron chi connectivity index (χ0n) is 18.8. The van der Waals surface area contributed by atoms with E-state index in [2.05, 4.69) is 5.32 Å². The maximum Gasteiger partial charge on any atom is 0.408 e. The molecule has 3 aromatic rings. The van der Waals surface area contributed by atoms with Crippen molar-refractivity contribution in [2.24, 2.45) is 5.73 Å². The van der Waals surface area contributed by atoms with Crippen molar-refractivity contribution in [1.82, 2.24) is 5.32 Å². The molecule has 0 bridgehead atoms. The third-order valence-electron chi connectivity index (χ3n) is 5.08. The first-order chi connectivity index (χ1) is 16.8. The topological polar surface area (TPSA) is 148 Å². The van der Waals surface area contributed by atoms with Crippen LogP contribution in [0.15, 0.2) is 78.9 Å². The van der Waals surface area contributed by atoms with Crippen LogP contribution < -0.4 is 15.8 Å². The van der Waals surface area contributed by atoms with Crippen LogP contribution in [0.1, 0.15) is 16.7 Å². The normalized spacial score (nSPS) is 12.3. The highest BCUT2D eigenvalue weighted by atomic mass is 16.5. The summed E-state index contributed by atoms with van der Waals surface area (Å²) in [5.41, 5.74) is 8.08. The van der Waals surface area contributed by atoms with Gasteiger partial charge in [0.15, 0.2) is 0 Å². The first-order valence-corrected chi connectivity index (χ1v) is 10.8. The Hall–Kier alpha value is -4.37. The van der Waals surface area contributed by atoms with Gasteiger partial charge in [-0.2, -0.15) is 0 Å². The maximum absolute atomic E-state index is 12.3. The van der Waals surface area contributed by atoms with Gasteiger partial charge in [0.2, 0.25) is 0 Å². The number of aromatic hydroxyl groups is 1. The number of rotatable bonds is 10. The smallest absolute Gasteiger partial charge is 0.408 e. The number of carbonyl (C=O) groups is 3. The summed E-state index contributed by atoms with van der Waals surface area (Å²) in [5, 5.41) is 21.1. The van der Waals surface area contributed by atoms with Crippen molar-refractivity contribution < 1.29 is 34.1 Å². The minimum absolute atomic E-state index is 0.00433. The van der Waals surface area contributed by atoms with E-state index in [9.17, 15) is 24.6 Å². The quantitative estimate of drug-likeness (QED) is 0.257. The number of hydrogen-bond acceptors (Lipinski definition) is 7. The number of carboxylic acids is 1. The fraction of sp³-hybridized carbons (Fsp3) is 0.192. The lowest BCUT2D eigenvalue weighted by Crippen LogP contribution is -2.42. The third kappa shape index (κ3) is 8.17. The van der Waals surface area contributed by atoms with Gasteiger partial charge in [0.25, 0.3) is 0 Å². The molecule has 0 aromatic heterocycles. The second kappa shape index (κ2) is 12.2. The van der Waals surface area contributed by atoms with Gasteiger partial charge in [0.05, 0.1) is 0 Å². The SMILES string of the molecule is N[C@@H](Cc1ccc(O)cc1)C(=O)Oc1ccc(C[C@H](NC(=O)OCc2ccccc2)C(=O)O)cc1. The van der Waals surface area contributed by atoms with E-state index < -0.39 is 30.1 Å². The number of carbonyl (C=O) groups excluding carboxylic acids is 2. The number of carboxylic acid groups (broad SMARTS) is 1. The molecule has 9 heteroatoms. The molecule has 0 aliphatic rings. The van der Waals surface area contributed by atoms with E-state index in [0.29, 0.717) is 5.56 Å². The average molecular weight is 479 g/mol. The Morgan fingerprint density at radius 2 is 1.43 bits per heavy atom. The monoisotopic (exact) mass is 478 g/mol. The molecule has 1 amide bonds. The number of nitrogens with two attached hydrogens (primary N) is 1. The highest BCUT2D eigenvalue weighted by molar-refractivity contribution is 5.80. The predicted molar refractivity (Wildman–Crippen MR) is 127 cm³/mol. The Bertz CT molecular complexity index is 1130. The van der Waals surface area contributed by atoms with E-state index in [4.69, 9.17) is 15.2 Å². The lowest BCUT2D eigenvalue weighted by molar-refractivity contribution is -0.139. The number of amides is 1. The Kier molecular flexibility index (Phi) is 8.80. The van der Waals surface area contributed by atoms with Crippen LogP contribution in [0.5, 0.6) is 11.5 Å². The zero-order chi connectivity index (χ0) is 25.2. The lowest BCUT2D eigenvalue weighted by atomic mass is 10.1. The zero-order valence-corrected chi connectivity index (χ0v) is 18.8. The van der Waals surface area contributed by atoms with Crippen LogP contribution >= 0.6 is 0 Å². The molecule has 3 rings (SSSR count). The molecule has 0 radical (unpaired) electrons. The standard InChI is InChI=1S/C26H26N2O7/c27-22(14-17-6-10-20(29)11-7-17)25(32)35-21-12-8-18(9-13-21)15-23(24(30)31)28-26(33)34-16-19-4-2-1-3-5-19/h1-13,22-23,29H,14-16,27H2,(H,28,33)(H,30,31)/t22-,23-/m0/s1. The van der Waals surface area contributed by atoms with Gasteiger partial charge in [0, 0.05) is 6.42 Å². The molecule has 0 heterocycles. The van der Waals surface area contributed by atoms with Crippen LogP contribution in [0.3, 0.4) is 0 Å². The number of nitrogens with one attached hydrogen (secondary N) is 1. The van der Waals surface area contributed by atoms with Gasteiger partial charge in [-0.1, -0.05) is 54.6 Å². The Morgan fingerprint density at radius 1 is 0.829 bits per heavy atom. The second-order valence-electron chi connectivity index (χ2n) is 7.84. The minimum Gasteiger partial charge on any atom is -0.508 e. The molecule has 0 saturated carbocycles. The van der Waals surface area contributed by atoms with Crippen molar-refractivity contribution in [3.63, 3.8) is 0 Å². The summed E-state index contributed by atoms with van der Waals surface area (Å²) < 4.78 is 10.4. The van der Waals surface area contributed by atoms with Crippen LogP contribution in [-0.2, 0) is 33.8 Å². The molecule has 2 atom stereocenters. The molecule has 0 unspecified atom stereocenters. The molecule has 182 valence electrons. The first-order valence-electron chi connectivity index (χ1n) is 10.8. The highest BCUT2D eigenvalue weighted by Crippen LogP contribution is 2.16. The Morgan fingerprint density at radius 3 is 2.06 bits per heavy atom. The van der Waals surface area contributed by atoms with Crippen molar-refractivity contribution in [2.75, 3.05) is 0 Å². The van der Waals surface area contributed by atoms with Crippen LogP contribution in [0.25, 0.3) is 0 Å². The van der Waals surface area contributed by atoms with E-state index in [-0.39, 0.29) is 30.9 Å². The van der Waals surface area contributed by atoms with Crippen molar-refractivity contribution in [3.8, 4) is 11.5 Å². The van der Waals surface area contributed by atoms with Crippen LogP contribution in [0.4, 0.5) is 4.79 Å². The summed E-state index contributed by atoms with van der Waals surface area (Å²) in [4.78, 5) is 35.9. The summed E-state index contributed by atoms with van der Waals surface area (Å²) in [6.45, 7) is 0.0218.